The molecule has 1 heterocycles. The lowest BCUT2D eigenvalue weighted by Crippen LogP contribution is -2.33. The highest BCUT2D eigenvalue weighted by Crippen LogP contribution is 2.25. The van der Waals surface area contributed by atoms with E-state index in [-0.39, 0.29) is 21.5 Å². The number of fused-ring (bicyclic) bond motifs is 1. The van der Waals surface area contributed by atoms with Gasteiger partial charge in [0.15, 0.2) is 0 Å². The van der Waals surface area contributed by atoms with Crippen LogP contribution in [-0.4, -0.2) is 37.1 Å². The van der Waals surface area contributed by atoms with Crippen LogP contribution in [0.5, 0.6) is 11.5 Å². The van der Waals surface area contributed by atoms with E-state index in [1.807, 2.05) is 0 Å². The molecular formula is C22H17BrN2O6S. The van der Waals surface area contributed by atoms with E-state index in [0.29, 0.717) is 19.9 Å². The van der Waals surface area contributed by atoms with Crippen LogP contribution in [0, 0.1) is 0 Å². The van der Waals surface area contributed by atoms with Gasteiger partial charge in [0, 0.05) is 16.1 Å². The zero-order valence-electron chi connectivity index (χ0n) is 17.0. The van der Waals surface area contributed by atoms with E-state index in [1.54, 1.807) is 30.3 Å². The highest BCUT2D eigenvalue weighted by molar-refractivity contribution is 9.10. The second kappa shape index (κ2) is 8.29. The standard InChI is InChI=1S/C22H17BrN2O6S/c1-30-16-11-14(12-17(13-16)31-2)21(26)24-19-5-3-4-6-20(19)25(22(24)27)32(28,29)18-9-7-15(23)8-10-18/h3-13H,1-2H3. The minimum atomic E-state index is -4.27. The van der Waals surface area contributed by atoms with Crippen molar-refractivity contribution in [1.29, 1.82) is 0 Å². The normalized spacial score (nSPS) is 11.5. The number of benzene rings is 3. The van der Waals surface area contributed by atoms with Crippen LogP contribution >= 0.6 is 15.9 Å². The number of rotatable bonds is 5. The molecule has 0 amide bonds. The summed E-state index contributed by atoms with van der Waals surface area (Å²) in [6.07, 6.45) is 0. The van der Waals surface area contributed by atoms with Crippen LogP contribution in [0.4, 0.5) is 0 Å². The molecule has 0 bridgehead atoms. The van der Waals surface area contributed by atoms with Gasteiger partial charge in [-0.1, -0.05) is 28.1 Å². The Kier molecular flexibility index (Phi) is 5.66. The van der Waals surface area contributed by atoms with Gasteiger partial charge in [-0.05, 0) is 48.5 Å². The van der Waals surface area contributed by atoms with Crippen LogP contribution in [0.25, 0.3) is 11.0 Å². The highest BCUT2D eigenvalue weighted by Gasteiger charge is 2.28. The van der Waals surface area contributed by atoms with E-state index < -0.39 is 21.6 Å². The molecule has 0 fully saturated rings. The molecule has 3 aromatic carbocycles. The summed E-state index contributed by atoms with van der Waals surface area (Å²) in [5.41, 5.74) is -0.651. The Morgan fingerprint density at radius 1 is 0.875 bits per heavy atom. The molecule has 32 heavy (non-hydrogen) atoms. The van der Waals surface area contributed by atoms with Gasteiger partial charge in [0.1, 0.15) is 11.5 Å². The van der Waals surface area contributed by atoms with Crippen LogP contribution in [0.3, 0.4) is 0 Å². The molecule has 8 nitrogen and oxygen atoms in total. The summed E-state index contributed by atoms with van der Waals surface area (Å²) in [4.78, 5) is 26.6. The smallest absolute Gasteiger partial charge is 0.350 e. The summed E-state index contributed by atoms with van der Waals surface area (Å²) >= 11 is 3.26. The molecule has 10 heteroatoms. The third-order valence-corrected chi connectivity index (χ3v) is 7.09. The molecule has 0 unspecified atom stereocenters. The van der Waals surface area contributed by atoms with Gasteiger partial charge in [0.05, 0.1) is 30.1 Å². The number of aromatic nitrogens is 2. The summed E-state index contributed by atoms with van der Waals surface area (Å²) in [5, 5.41) is 0. The molecular weight excluding hydrogens is 500 g/mol. The summed E-state index contributed by atoms with van der Waals surface area (Å²) < 4.78 is 39.2. The Morgan fingerprint density at radius 3 is 2.00 bits per heavy atom. The molecule has 0 N–H and O–H groups in total. The monoisotopic (exact) mass is 516 g/mol. The summed E-state index contributed by atoms with van der Waals surface area (Å²) in [6.45, 7) is 0. The van der Waals surface area contributed by atoms with Crippen molar-refractivity contribution in [3.8, 4) is 11.5 Å². The Balaban J connectivity index is 1.98. The van der Waals surface area contributed by atoms with Crippen LogP contribution in [-0.2, 0) is 10.0 Å². The molecule has 4 aromatic rings. The van der Waals surface area contributed by atoms with Crippen LogP contribution < -0.4 is 15.2 Å². The first-order valence-electron chi connectivity index (χ1n) is 9.29. The fourth-order valence-corrected chi connectivity index (χ4v) is 4.98. The van der Waals surface area contributed by atoms with Gasteiger partial charge in [-0.15, -0.1) is 0 Å². The number of ether oxygens (including phenoxy) is 2. The maximum atomic E-state index is 13.4. The lowest BCUT2D eigenvalue weighted by Gasteiger charge is -2.08. The van der Waals surface area contributed by atoms with Crippen molar-refractivity contribution in [2.24, 2.45) is 0 Å². The average Bonchev–Trinajstić information content (AvgIpc) is 3.10. The maximum absolute atomic E-state index is 13.4. The molecule has 4 rings (SSSR count). The number of hydrogen-bond donors (Lipinski definition) is 0. The highest BCUT2D eigenvalue weighted by atomic mass is 79.9. The molecule has 0 radical (unpaired) electrons. The third kappa shape index (κ3) is 3.61. The summed E-state index contributed by atoms with van der Waals surface area (Å²) in [6, 6.07) is 16.6. The molecule has 0 aliphatic rings. The molecule has 164 valence electrons. The molecule has 0 aliphatic carbocycles. The molecule has 0 saturated heterocycles. The zero-order chi connectivity index (χ0) is 23.0. The van der Waals surface area contributed by atoms with Crippen molar-refractivity contribution < 1.29 is 22.7 Å². The minimum absolute atomic E-state index is 0.0822. The predicted octanol–water partition coefficient (Wildman–Crippen LogP) is 3.51. The van der Waals surface area contributed by atoms with E-state index >= 15 is 0 Å². The van der Waals surface area contributed by atoms with Crippen molar-refractivity contribution in [2.75, 3.05) is 14.2 Å². The number of carbonyl (C=O) groups excluding carboxylic acids is 1. The van der Waals surface area contributed by atoms with Gasteiger partial charge in [-0.2, -0.15) is 3.97 Å². The molecule has 0 saturated carbocycles. The number of halogens is 1. The Bertz CT molecular complexity index is 1480. The second-order valence-corrected chi connectivity index (χ2v) is 9.44. The van der Waals surface area contributed by atoms with E-state index in [0.717, 1.165) is 4.57 Å². The molecule has 0 aliphatic heterocycles. The van der Waals surface area contributed by atoms with E-state index in [4.69, 9.17) is 9.47 Å². The zero-order valence-corrected chi connectivity index (χ0v) is 19.4. The third-order valence-electron chi connectivity index (χ3n) is 4.86. The first-order valence-corrected chi connectivity index (χ1v) is 11.5. The molecule has 0 atom stereocenters. The Hall–Kier alpha value is -3.37. The van der Waals surface area contributed by atoms with E-state index in [2.05, 4.69) is 15.9 Å². The Morgan fingerprint density at radius 2 is 1.44 bits per heavy atom. The lowest BCUT2D eigenvalue weighted by molar-refractivity contribution is 0.0960. The number of nitrogens with zero attached hydrogens (tertiary/aromatic N) is 2. The van der Waals surface area contributed by atoms with Gasteiger partial charge in [0.25, 0.3) is 15.9 Å². The van der Waals surface area contributed by atoms with Gasteiger partial charge in [0.2, 0.25) is 0 Å². The van der Waals surface area contributed by atoms with Crippen LogP contribution in [0.1, 0.15) is 10.4 Å². The number of hydrogen-bond acceptors (Lipinski definition) is 6. The van der Waals surface area contributed by atoms with Crippen molar-refractivity contribution in [1.82, 2.24) is 8.54 Å². The van der Waals surface area contributed by atoms with Gasteiger partial charge < -0.3 is 9.47 Å². The first kappa shape index (κ1) is 21.8. The van der Waals surface area contributed by atoms with Crippen LogP contribution in [0.2, 0.25) is 0 Å². The van der Waals surface area contributed by atoms with Gasteiger partial charge >= 0.3 is 5.69 Å². The number of carbonyl (C=O) groups is 1. The summed E-state index contributed by atoms with van der Waals surface area (Å²) in [7, 11) is -1.40. The van der Waals surface area contributed by atoms with Gasteiger partial charge in [-0.25, -0.2) is 17.8 Å². The SMILES string of the molecule is COc1cc(OC)cc(C(=O)n2c(=O)n(S(=O)(=O)c3ccc(Br)cc3)c3ccccc32)c1. The predicted molar refractivity (Wildman–Crippen MR) is 122 cm³/mol. The molecule has 1 aromatic heterocycles. The number of para-hydroxylation sites is 2. The van der Waals surface area contributed by atoms with E-state index in [9.17, 15) is 18.0 Å². The van der Waals surface area contributed by atoms with Crippen molar-refractivity contribution in [2.45, 2.75) is 4.90 Å². The second-order valence-electron chi connectivity index (χ2n) is 6.74. The maximum Gasteiger partial charge on any atom is 0.350 e. The first-order chi connectivity index (χ1) is 15.3. The van der Waals surface area contributed by atoms with Crippen molar-refractivity contribution >= 4 is 42.9 Å². The Labute approximate surface area is 191 Å². The fourth-order valence-electron chi connectivity index (χ4n) is 3.32. The lowest BCUT2D eigenvalue weighted by atomic mass is 10.2. The van der Waals surface area contributed by atoms with Crippen molar-refractivity contribution in [3.63, 3.8) is 0 Å². The summed E-state index contributed by atoms with van der Waals surface area (Å²) in [5.74, 6) is -0.00732. The largest absolute Gasteiger partial charge is 0.497 e. The van der Waals surface area contributed by atoms with E-state index in [1.165, 1.54) is 50.6 Å². The topological polar surface area (TPSA) is 96.6 Å². The number of imidazole rings is 1. The van der Waals surface area contributed by atoms with Gasteiger partial charge in [-0.3, -0.25) is 4.79 Å². The number of methoxy groups -OCH3 is 2. The van der Waals surface area contributed by atoms with Crippen molar-refractivity contribution in [3.05, 3.63) is 87.3 Å². The van der Waals surface area contributed by atoms with Crippen LogP contribution in [0.15, 0.2) is 80.9 Å². The quantitative estimate of drug-likeness (QED) is 0.402. The average molecular weight is 517 g/mol. The fraction of sp³-hybridized carbons (Fsp3) is 0.0909. The minimum Gasteiger partial charge on any atom is -0.497 e. The molecule has 0 spiro atoms.